The number of rotatable bonds is 5. The van der Waals surface area contributed by atoms with Crippen LogP contribution in [0.3, 0.4) is 0 Å². The number of hydrogen-bond donors (Lipinski definition) is 2. The molecule has 4 aromatic rings. The van der Waals surface area contributed by atoms with E-state index < -0.39 is 0 Å². The van der Waals surface area contributed by atoms with Crippen LogP contribution in [0.15, 0.2) is 54.7 Å². The Hall–Kier alpha value is -3.11. The molecule has 0 atom stereocenters. The summed E-state index contributed by atoms with van der Waals surface area (Å²) in [7, 11) is 0. The first-order chi connectivity index (χ1) is 13.6. The van der Waals surface area contributed by atoms with Gasteiger partial charge in [-0.05, 0) is 61.2 Å². The van der Waals surface area contributed by atoms with E-state index in [0.29, 0.717) is 13.2 Å². The minimum atomic E-state index is 0.489. The number of aromatic amines is 1. The number of ether oxygens (including phenoxy) is 1. The molecule has 0 unspecified atom stereocenters. The lowest BCUT2D eigenvalue weighted by Crippen LogP contribution is -2.04. The van der Waals surface area contributed by atoms with Gasteiger partial charge in [0, 0.05) is 35.1 Å². The van der Waals surface area contributed by atoms with E-state index in [4.69, 9.17) is 10.5 Å². The number of nitrogens with zero attached hydrogens (tertiary/aromatic N) is 1. The molecule has 0 radical (unpaired) electrons. The summed E-state index contributed by atoms with van der Waals surface area (Å²) in [6.07, 6.45) is 1.94. The van der Waals surface area contributed by atoms with E-state index in [9.17, 15) is 0 Å². The Morgan fingerprint density at radius 2 is 1.82 bits per heavy atom. The molecule has 2 heterocycles. The number of nitrogens with two attached hydrogens (primary N) is 1. The molecule has 0 aliphatic rings. The fraction of sp³-hybridized carbons (Fsp3) is 0.208. The number of hydrogen-bond acceptors (Lipinski definition) is 3. The van der Waals surface area contributed by atoms with Crippen LogP contribution in [0.1, 0.15) is 28.1 Å². The van der Waals surface area contributed by atoms with E-state index in [1.54, 1.807) is 0 Å². The van der Waals surface area contributed by atoms with Crippen LogP contribution in [0.4, 0.5) is 0 Å². The monoisotopic (exact) mass is 371 g/mol. The SMILES string of the molecule is Cc1ccc2cccc(OCc3c(C)ccc(-c4cc[nH]c4CN)c3C)c2n1. The normalized spacial score (nSPS) is 11.1. The fourth-order valence-electron chi connectivity index (χ4n) is 3.72. The van der Waals surface area contributed by atoms with Crippen molar-refractivity contribution in [3.8, 4) is 16.9 Å². The summed E-state index contributed by atoms with van der Waals surface area (Å²) in [4.78, 5) is 7.90. The minimum absolute atomic E-state index is 0.489. The van der Waals surface area contributed by atoms with Crippen LogP contribution in [0.5, 0.6) is 5.75 Å². The Labute approximate surface area is 165 Å². The average molecular weight is 371 g/mol. The maximum Gasteiger partial charge on any atom is 0.146 e. The lowest BCUT2D eigenvalue weighted by molar-refractivity contribution is 0.308. The van der Waals surface area contributed by atoms with Crippen LogP contribution in [0.2, 0.25) is 0 Å². The van der Waals surface area contributed by atoms with Crippen molar-refractivity contribution >= 4 is 10.9 Å². The molecule has 142 valence electrons. The van der Waals surface area contributed by atoms with Crippen LogP contribution in [-0.2, 0) is 13.2 Å². The third-order valence-electron chi connectivity index (χ3n) is 5.35. The zero-order chi connectivity index (χ0) is 19.7. The van der Waals surface area contributed by atoms with Gasteiger partial charge in [-0.2, -0.15) is 0 Å². The number of pyridine rings is 1. The van der Waals surface area contributed by atoms with E-state index in [2.05, 4.69) is 54.1 Å². The predicted molar refractivity (Wildman–Crippen MR) is 114 cm³/mol. The van der Waals surface area contributed by atoms with Gasteiger partial charge < -0.3 is 15.5 Å². The van der Waals surface area contributed by atoms with Gasteiger partial charge in [0.1, 0.15) is 17.9 Å². The number of benzene rings is 2. The molecular formula is C24H25N3O. The number of para-hydroxylation sites is 1. The summed E-state index contributed by atoms with van der Waals surface area (Å²) in [5, 5.41) is 1.09. The number of aromatic nitrogens is 2. The molecule has 2 aromatic heterocycles. The number of H-pyrrole nitrogens is 1. The number of aryl methyl sites for hydroxylation is 2. The first-order valence-electron chi connectivity index (χ1n) is 9.53. The summed E-state index contributed by atoms with van der Waals surface area (Å²) < 4.78 is 6.26. The smallest absolute Gasteiger partial charge is 0.146 e. The van der Waals surface area contributed by atoms with Crippen molar-refractivity contribution in [1.82, 2.24) is 9.97 Å². The topological polar surface area (TPSA) is 63.9 Å². The van der Waals surface area contributed by atoms with Gasteiger partial charge in [0.05, 0.1) is 0 Å². The molecule has 0 saturated heterocycles. The standard InChI is InChI=1S/C24H25N3O/c1-15-7-10-19(20-11-12-26-22(20)13-25)17(3)21(15)14-28-23-6-4-5-18-9-8-16(2)27-24(18)23/h4-12,26H,13-14,25H2,1-3H3. The molecule has 0 fully saturated rings. The highest BCUT2D eigenvalue weighted by Gasteiger charge is 2.14. The van der Waals surface area contributed by atoms with Crippen LogP contribution in [0, 0.1) is 20.8 Å². The molecule has 0 amide bonds. The quantitative estimate of drug-likeness (QED) is 0.507. The van der Waals surface area contributed by atoms with Crippen LogP contribution in [-0.4, -0.2) is 9.97 Å². The number of nitrogens with one attached hydrogen (secondary N) is 1. The first-order valence-corrected chi connectivity index (χ1v) is 9.53. The van der Waals surface area contributed by atoms with Gasteiger partial charge in [-0.25, -0.2) is 4.98 Å². The fourth-order valence-corrected chi connectivity index (χ4v) is 3.72. The van der Waals surface area contributed by atoms with Gasteiger partial charge in [0.2, 0.25) is 0 Å². The molecule has 28 heavy (non-hydrogen) atoms. The molecule has 2 aromatic carbocycles. The Morgan fingerprint density at radius 3 is 2.64 bits per heavy atom. The molecule has 0 spiro atoms. The second-order valence-electron chi connectivity index (χ2n) is 7.18. The van der Waals surface area contributed by atoms with Crippen molar-refractivity contribution in [3.05, 3.63) is 82.8 Å². The lowest BCUT2D eigenvalue weighted by Gasteiger charge is -2.16. The van der Waals surface area contributed by atoms with Gasteiger partial charge in [-0.1, -0.05) is 30.3 Å². The zero-order valence-corrected chi connectivity index (χ0v) is 16.5. The van der Waals surface area contributed by atoms with Crippen molar-refractivity contribution in [3.63, 3.8) is 0 Å². The summed E-state index contributed by atoms with van der Waals surface area (Å²) in [5.41, 5.74) is 14.8. The van der Waals surface area contributed by atoms with Gasteiger partial charge >= 0.3 is 0 Å². The molecule has 0 bridgehead atoms. The van der Waals surface area contributed by atoms with Crippen molar-refractivity contribution in [2.75, 3.05) is 0 Å². The maximum absolute atomic E-state index is 6.26. The van der Waals surface area contributed by atoms with Crippen molar-refractivity contribution in [1.29, 1.82) is 0 Å². The minimum Gasteiger partial charge on any atom is -0.487 e. The number of fused-ring (bicyclic) bond motifs is 1. The lowest BCUT2D eigenvalue weighted by atomic mass is 9.93. The zero-order valence-electron chi connectivity index (χ0n) is 16.5. The first kappa shape index (κ1) is 18.3. The van der Waals surface area contributed by atoms with Crippen molar-refractivity contribution < 1.29 is 4.74 Å². The summed E-state index contributed by atoms with van der Waals surface area (Å²) in [6, 6.07) is 16.6. The van der Waals surface area contributed by atoms with Gasteiger partial charge in [0.25, 0.3) is 0 Å². The molecule has 0 aliphatic carbocycles. The molecule has 0 saturated carbocycles. The molecule has 3 N–H and O–H groups in total. The van der Waals surface area contributed by atoms with E-state index in [-0.39, 0.29) is 0 Å². The third kappa shape index (κ3) is 3.27. The van der Waals surface area contributed by atoms with E-state index in [0.717, 1.165) is 33.6 Å². The van der Waals surface area contributed by atoms with Gasteiger partial charge in [0.15, 0.2) is 0 Å². The highest BCUT2D eigenvalue weighted by Crippen LogP contribution is 2.31. The molecular weight excluding hydrogens is 346 g/mol. The predicted octanol–water partition coefficient (Wildman–Crippen LogP) is 5.19. The van der Waals surface area contributed by atoms with E-state index in [1.165, 1.54) is 22.3 Å². The van der Waals surface area contributed by atoms with Crippen molar-refractivity contribution in [2.45, 2.75) is 33.9 Å². The summed E-state index contributed by atoms with van der Waals surface area (Å²) in [5.74, 6) is 0.815. The molecule has 4 heteroatoms. The Bertz CT molecular complexity index is 1140. The second-order valence-corrected chi connectivity index (χ2v) is 7.18. The van der Waals surface area contributed by atoms with Crippen LogP contribution < -0.4 is 10.5 Å². The summed E-state index contributed by atoms with van der Waals surface area (Å²) in [6.45, 7) is 7.27. The Balaban J connectivity index is 1.70. The van der Waals surface area contributed by atoms with Crippen molar-refractivity contribution in [2.24, 2.45) is 5.73 Å². The van der Waals surface area contributed by atoms with E-state index in [1.807, 2.05) is 31.3 Å². The second kappa shape index (κ2) is 7.49. The van der Waals surface area contributed by atoms with E-state index >= 15 is 0 Å². The molecule has 4 nitrogen and oxygen atoms in total. The van der Waals surface area contributed by atoms with Gasteiger partial charge in [-0.15, -0.1) is 0 Å². The largest absolute Gasteiger partial charge is 0.487 e. The highest BCUT2D eigenvalue weighted by molar-refractivity contribution is 5.84. The average Bonchev–Trinajstić information content (AvgIpc) is 3.16. The Kier molecular flexibility index (Phi) is 4.88. The van der Waals surface area contributed by atoms with Crippen LogP contribution in [0.25, 0.3) is 22.0 Å². The maximum atomic E-state index is 6.26. The summed E-state index contributed by atoms with van der Waals surface area (Å²) >= 11 is 0. The third-order valence-corrected chi connectivity index (χ3v) is 5.35. The Morgan fingerprint density at radius 1 is 0.964 bits per heavy atom. The van der Waals surface area contributed by atoms with Gasteiger partial charge in [-0.3, -0.25) is 0 Å². The highest BCUT2D eigenvalue weighted by atomic mass is 16.5. The van der Waals surface area contributed by atoms with Crippen LogP contribution >= 0.6 is 0 Å². The molecule has 0 aliphatic heterocycles. The molecule has 4 rings (SSSR count).